The molecule has 0 radical (unpaired) electrons. The second-order valence-corrected chi connectivity index (χ2v) is 7.49. The van der Waals surface area contributed by atoms with E-state index in [0.717, 1.165) is 12.8 Å². The highest BCUT2D eigenvalue weighted by atomic mass is 14.1. The smallest absolute Gasteiger partial charge is 0.0228 e. The van der Waals surface area contributed by atoms with Crippen LogP contribution in [0, 0.1) is 0 Å². The molecular weight excluding hydrogens is 528 g/mol. The molecule has 0 N–H and O–H groups in total. The monoisotopic (exact) mass is 605 g/mol. The van der Waals surface area contributed by atoms with Crippen LogP contribution < -0.4 is 0 Å². The van der Waals surface area contributed by atoms with Crippen LogP contribution in [0.3, 0.4) is 0 Å². The first kappa shape index (κ1) is 53.4. The summed E-state index contributed by atoms with van der Waals surface area (Å²) in [5.74, 6) is 0. The standard InChI is InChI=1S/C11H14.C10H10.C10H12.6C2H6.CH4/c1-3-10(4-2)11-8-6-5-7-9-11;1-2-5-9(6-3-1)10-7-4-8-10;1-3-9(2)10-7-5-4-6-8-10;6*1-2;/h3,5-9H,4H2,1-2H3;1-3,5-7H,4,8H2;4-8H,2-3H2,1H3;6*1-2H3;1H4/b10-3+;;;;;;;;;. The van der Waals surface area contributed by atoms with Crippen LogP contribution in [0.1, 0.15) is 154 Å². The summed E-state index contributed by atoms with van der Waals surface area (Å²) in [6.07, 6.45) is 9.16. The van der Waals surface area contributed by atoms with Crippen LogP contribution in [0.25, 0.3) is 16.7 Å². The van der Waals surface area contributed by atoms with Gasteiger partial charge in [-0.15, -0.1) is 0 Å². The molecule has 0 nitrogen and oxygen atoms in total. The molecule has 0 fully saturated rings. The van der Waals surface area contributed by atoms with E-state index < -0.39 is 0 Å². The lowest BCUT2D eigenvalue weighted by Crippen LogP contribution is -1.91. The highest BCUT2D eigenvalue weighted by Gasteiger charge is 2.06. The molecule has 0 atom stereocenters. The molecule has 0 saturated heterocycles. The number of hydrogen-bond acceptors (Lipinski definition) is 0. The fraction of sp³-hybridized carbons (Fsp3) is 0.455. The van der Waals surface area contributed by atoms with E-state index in [4.69, 9.17) is 0 Å². The minimum Gasteiger partial charge on any atom is -0.0952 e. The van der Waals surface area contributed by atoms with Gasteiger partial charge in [0.2, 0.25) is 0 Å². The first-order valence-electron chi connectivity index (χ1n) is 17.4. The van der Waals surface area contributed by atoms with Gasteiger partial charge in [0.15, 0.2) is 0 Å². The molecule has 0 spiro atoms. The van der Waals surface area contributed by atoms with Crippen LogP contribution in [-0.2, 0) is 0 Å². The van der Waals surface area contributed by atoms with Gasteiger partial charge in [0, 0.05) is 0 Å². The summed E-state index contributed by atoms with van der Waals surface area (Å²) >= 11 is 0. The number of rotatable bonds is 5. The van der Waals surface area contributed by atoms with Crippen molar-refractivity contribution in [3.8, 4) is 0 Å². The Labute approximate surface area is 279 Å². The summed E-state index contributed by atoms with van der Waals surface area (Å²) in [5.41, 5.74) is 8.14. The van der Waals surface area contributed by atoms with Crippen LogP contribution in [0.5, 0.6) is 0 Å². The molecule has 3 aromatic rings. The topological polar surface area (TPSA) is 0 Å². The molecule has 0 heteroatoms. The Morgan fingerprint density at radius 1 is 0.568 bits per heavy atom. The first-order chi connectivity index (χ1) is 21.2. The number of allylic oxidation sites excluding steroid dienone is 5. The quantitative estimate of drug-likeness (QED) is 0.272. The first-order valence-corrected chi connectivity index (χ1v) is 17.4. The maximum atomic E-state index is 3.94. The number of hydrogen-bond donors (Lipinski definition) is 0. The highest BCUT2D eigenvalue weighted by Crippen LogP contribution is 2.28. The van der Waals surface area contributed by atoms with E-state index in [-0.39, 0.29) is 7.43 Å². The van der Waals surface area contributed by atoms with E-state index in [1.165, 1.54) is 46.3 Å². The Morgan fingerprint density at radius 3 is 1.18 bits per heavy atom. The largest absolute Gasteiger partial charge is 0.0952 e. The maximum absolute atomic E-state index is 3.94. The summed E-state index contributed by atoms with van der Waals surface area (Å²) in [6.45, 7) is 34.3. The zero-order chi connectivity index (χ0) is 34.3. The molecule has 0 unspecified atom stereocenters. The Bertz CT molecular complexity index is 945. The van der Waals surface area contributed by atoms with Gasteiger partial charge < -0.3 is 0 Å². The molecule has 1 aliphatic carbocycles. The maximum Gasteiger partial charge on any atom is -0.0228 e. The summed E-state index contributed by atoms with van der Waals surface area (Å²) in [4.78, 5) is 0. The third-order valence-electron chi connectivity index (χ3n) is 5.43. The predicted molar refractivity (Wildman–Crippen MR) is 215 cm³/mol. The summed E-state index contributed by atoms with van der Waals surface area (Å²) in [5, 5.41) is 0. The van der Waals surface area contributed by atoms with Crippen molar-refractivity contribution < 1.29 is 0 Å². The normalized spacial score (nSPS) is 9.43. The summed E-state index contributed by atoms with van der Waals surface area (Å²) < 4.78 is 0. The Hall–Kier alpha value is -3.12. The minimum absolute atomic E-state index is 0. The van der Waals surface area contributed by atoms with E-state index in [0.29, 0.717) is 0 Å². The molecule has 3 aromatic carbocycles. The average molecular weight is 605 g/mol. The van der Waals surface area contributed by atoms with Crippen molar-refractivity contribution in [2.45, 2.75) is 137 Å². The predicted octanol–water partition coefficient (Wildman–Crippen LogP) is 16.3. The zero-order valence-electron chi connectivity index (χ0n) is 31.4. The van der Waals surface area contributed by atoms with Gasteiger partial charge in [-0.1, -0.05) is 214 Å². The highest BCUT2D eigenvalue weighted by molar-refractivity contribution is 5.69. The van der Waals surface area contributed by atoms with E-state index >= 15 is 0 Å². The third-order valence-corrected chi connectivity index (χ3v) is 5.43. The van der Waals surface area contributed by atoms with Gasteiger partial charge >= 0.3 is 0 Å². The minimum atomic E-state index is 0. The molecule has 0 aromatic heterocycles. The fourth-order valence-corrected chi connectivity index (χ4v) is 3.31. The fourth-order valence-electron chi connectivity index (χ4n) is 3.31. The van der Waals surface area contributed by atoms with Crippen molar-refractivity contribution in [2.24, 2.45) is 0 Å². The van der Waals surface area contributed by atoms with Crippen molar-refractivity contribution in [3.63, 3.8) is 0 Å². The molecule has 252 valence electrons. The van der Waals surface area contributed by atoms with Gasteiger partial charge in [-0.25, -0.2) is 0 Å². The molecule has 44 heavy (non-hydrogen) atoms. The van der Waals surface area contributed by atoms with Crippen LogP contribution in [-0.4, -0.2) is 0 Å². The van der Waals surface area contributed by atoms with Crippen molar-refractivity contribution in [1.82, 2.24) is 0 Å². The molecule has 0 saturated carbocycles. The number of benzene rings is 3. The Balaban J connectivity index is -0.000000104. The molecular formula is C44H76. The molecule has 0 heterocycles. The second-order valence-electron chi connectivity index (χ2n) is 7.49. The molecule has 0 amide bonds. The molecule has 1 aliphatic rings. The van der Waals surface area contributed by atoms with Gasteiger partial charge in [-0.2, -0.15) is 0 Å². The van der Waals surface area contributed by atoms with Crippen LogP contribution in [0.2, 0.25) is 0 Å². The van der Waals surface area contributed by atoms with Gasteiger partial charge in [0.25, 0.3) is 0 Å². The van der Waals surface area contributed by atoms with Crippen molar-refractivity contribution in [2.75, 3.05) is 0 Å². The Morgan fingerprint density at radius 2 is 0.909 bits per heavy atom. The van der Waals surface area contributed by atoms with Gasteiger partial charge in [0.05, 0.1) is 0 Å². The zero-order valence-corrected chi connectivity index (χ0v) is 31.4. The van der Waals surface area contributed by atoms with Gasteiger partial charge in [-0.3, -0.25) is 0 Å². The SMILES string of the molecule is C.C/C=C(\CC)c1ccccc1.C1=C(c2ccccc2)CC1.C=C(CC)c1ccccc1.CC.CC.CC.CC.CC.CC. The molecule has 0 bridgehead atoms. The van der Waals surface area contributed by atoms with Gasteiger partial charge in [-0.05, 0) is 66.0 Å². The van der Waals surface area contributed by atoms with Crippen molar-refractivity contribution in [3.05, 3.63) is 126 Å². The molecule has 0 aliphatic heterocycles. The van der Waals surface area contributed by atoms with Crippen molar-refractivity contribution >= 4 is 16.7 Å². The van der Waals surface area contributed by atoms with E-state index in [9.17, 15) is 0 Å². The van der Waals surface area contributed by atoms with Crippen molar-refractivity contribution in [1.29, 1.82) is 0 Å². The van der Waals surface area contributed by atoms with Gasteiger partial charge in [0.1, 0.15) is 0 Å². The Kier molecular flexibility index (Phi) is 56.9. The molecule has 4 rings (SSSR count). The van der Waals surface area contributed by atoms with E-state index in [1.54, 1.807) is 0 Å². The van der Waals surface area contributed by atoms with E-state index in [1.807, 2.05) is 107 Å². The van der Waals surface area contributed by atoms with Crippen LogP contribution in [0.15, 0.2) is 110 Å². The lowest BCUT2D eigenvalue weighted by atomic mass is 9.92. The van der Waals surface area contributed by atoms with E-state index in [2.05, 4.69) is 106 Å². The van der Waals surface area contributed by atoms with Crippen LogP contribution in [0.4, 0.5) is 0 Å². The summed E-state index contributed by atoms with van der Waals surface area (Å²) in [6, 6.07) is 31.4. The van der Waals surface area contributed by atoms with Crippen LogP contribution >= 0.6 is 0 Å². The lowest BCUT2D eigenvalue weighted by Gasteiger charge is -2.13. The average Bonchev–Trinajstić information content (AvgIpc) is 3.11. The summed E-state index contributed by atoms with van der Waals surface area (Å²) in [7, 11) is 0. The second kappa shape index (κ2) is 46.8. The lowest BCUT2D eigenvalue weighted by molar-refractivity contribution is 0.988. The third kappa shape index (κ3) is 27.7.